The highest BCUT2D eigenvalue weighted by Gasteiger charge is 2.32. The van der Waals surface area contributed by atoms with E-state index in [0.29, 0.717) is 19.8 Å². The number of rotatable bonds is 2. The summed E-state index contributed by atoms with van der Waals surface area (Å²) in [6.07, 6.45) is 0.490. The second kappa shape index (κ2) is 5.09. The SMILES string of the molecule is CC1N(CC#N)CN(CC#N)[C@H](C)N1C. The van der Waals surface area contributed by atoms with Crippen molar-refractivity contribution in [3.05, 3.63) is 0 Å². The molecule has 0 saturated carbocycles. The van der Waals surface area contributed by atoms with Gasteiger partial charge in [-0.25, -0.2) is 0 Å². The first-order valence-corrected chi connectivity index (χ1v) is 5.05. The lowest BCUT2D eigenvalue weighted by molar-refractivity contribution is -0.0951. The molecule has 5 nitrogen and oxygen atoms in total. The van der Waals surface area contributed by atoms with Crippen LogP contribution in [0.15, 0.2) is 0 Å². The van der Waals surface area contributed by atoms with Gasteiger partial charge in [0.25, 0.3) is 0 Å². The van der Waals surface area contributed by atoms with E-state index in [1.54, 1.807) is 0 Å². The summed E-state index contributed by atoms with van der Waals surface area (Å²) in [6.45, 7) is 5.66. The largest absolute Gasteiger partial charge is 0.276 e. The standard InChI is InChI=1S/C10H17N5/c1-9-13(3)10(2)15(7-5-12)8-14(9)6-4-11/h9-10H,6-8H2,1-3H3/t9-,10?/m1/s1. The maximum Gasteiger partial charge on any atom is 0.0888 e. The molecule has 1 aliphatic heterocycles. The van der Waals surface area contributed by atoms with Gasteiger partial charge in [-0.1, -0.05) is 0 Å². The Labute approximate surface area is 91.1 Å². The highest BCUT2D eigenvalue weighted by Crippen LogP contribution is 2.17. The second-order valence-corrected chi connectivity index (χ2v) is 3.88. The summed E-state index contributed by atoms with van der Waals surface area (Å²) in [7, 11) is 2.02. The molecule has 0 spiro atoms. The van der Waals surface area contributed by atoms with Crippen LogP contribution in [0.4, 0.5) is 0 Å². The fourth-order valence-corrected chi connectivity index (χ4v) is 1.84. The molecule has 5 heteroatoms. The molecule has 0 aromatic carbocycles. The molecule has 15 heavy (non-hydrogen) atoms. The average molecular weight is 207 g/mol. The minimum Gasteiger partial charge on any atom is -0.276 e. The molecule has 0 bridgehead atoms. The molecule has 1 fully saturated rings. The van der Waals surface area contributed by atoms with Gasteiger partial charge in [0, 0.05) is 0 Å². The van der Waals surface area contributed by atoms with Gasteiger partial charge in [0.15, 0.2) is 0 Å². The molecule has 1 aliphatic rings. The van der Waals surface area contributed by atoms with Crippen LogP contribution >= 0.6 is 0 Å². The molecule has 2 atom stereocenters. The Hall–Kier alpha value is -1.14. The molecule has 0 amide bonds. The number of hydrogen-bond acceptors (Lipinski definition) is 5. The van der Waals surface area contributed by atoms with Crippen molar-refractivity contribution >= 4 is 0 Å². The zero-order valence-corrected chi connectivity index (χ0v) is 9.51. The normalized spacial score (nSPS) is 29.7. The smallest absolute Gasteiger partial charge is 0.0888 e. The van der Waals surface area contributed by atoms with Gasteiger partial charge in [0.2, 0.25) is 0 Å². The minimum atomic E-state index is 0.245. The van der Waals surface area contributed by atoms with E-state index >= 15 is 0 Å². The average Bonchev–Trinajstić information content (AvgIpc) is 2.22. The Balaban J connectivity index is 2.72. The van der Waals surface area contributed by atoms with Crippen molar-refractivity contribution in [3.63, 3.8) is 0 Å². The van der Waals surface area contributed by atoms with E-state index in [0.717, 1.165) is 0 Å². The number of nitriles is 2. The van der Waals surface area contributed by atoms with E-state index in [1.807, 2.05) is 7.05 Å². The van der Waals surface area contributed by atoms with E-state index in [4.69, 9.17) is 10.5 Å². The predicted octanol–water partition coefficient (Wildman–Crippen LogP) is 0.232. The van der Waals surface area contributed by atoms with Crippen LogP contribution in [0.5, 0.6) is 0 Å². The van der Waals surface area contributed by atoms with Crippen molar-refractivity contribution in [1.29, 1.82) is 10.5 Å². The van der Waals surface area contributed by atoms with Gasteiger partial charge in [-0.3, -0.25) is 14.7 Å². The van der Waals surface area contributed by atoms with E-state index in [2.05, 4.69) is 40.7 Å². The van der Waals surface area contributed by atoms with Crippen LogP contribution in [0.1, 0.15) is 13.8 Å². The molecule has 1 heterocycles. The molecule has 0 aromatic heterocycles. The van der Waals surface area contributed by atoms with Crippen LogP contribution in [-0.4, -0.2) is 53.8 Å². The van der Waals surface area contributed by atoms with Crippen LogP contribution in [-0.2, 0) is 0 Å². The van der Waals surface area contributed by atoms with Gasteiger partial charge in [0.1, 0.15) is 0 Å². The van der Waals surface area contributed by atoms with Crippen LogP contribution in [0.3, 0.4) is 0 Å². The molecular formula is C10H17N5. The summed E-state index contributed by atoms with van der Waals surface area (Å²) >= 11 is 0. The van der Waals surface area contributed by atoms with E-state index in [1.165, 1.54) is 0 Å². The van der Waals surface area contributed by atoms with Crippen molar-refractivity contribution in [3.8, 4) is 12.1 Å². The summed E-state index contributed by atoms with van der Waals surface area (Å²) in [5.41, 5.74) is 0. The Morgan fingerprint density at radius 1 is 1.07 bits per heavy atom. The van der Waals surface area contributed by atoms with Crippen molar-refractivity contribution in [2.45, 2.75) is 26.2 Å². The topological polar surface area (TPSA) is 57.3 Å². The third-order valence-electron chi connectivity index (χ3n) is 3.15. The van der Waals surface area contributed by atoms with Crippen molar-refractivity contribution < 1.29 is 0 Å². The maximum atomic E-state index is 8.71. The first-order valence-electron chi connectivity index (χ1n) is 5.05. The quantitative estimate of drug-likeness (QED) is 0.607. The summed E-state index contributed by atoms with van der Waals surface area (Å²) in [4.78, 5) is 6.27. The lowest BCUT2D eigenvalue weighted by Gasteiger charge is -2.48. The van der Waals surface area contributed by atoms with Gasteiger partial charge in [-0.2, -0.15) is 10.5 Å². The maximum absolute atomic E-state index is 8.71. The van der Waals surface area contributed by atoms with Crippen molar-refractivity contribution in [1.82, 2.24) is 14.7 Å². The molecule has 0 N–H and O–H groups in total. The summed E-state index contributed by atoms with van der Waals surface area (Å²) in [5, 5.41) is 17.4. The van der Waals surface area contributed by atoms with Crippen LogP contribution in [0.25, 0.3) is 0 Å². The number of nitrogens with zero attached hydrogens (tertiary/aromatic N) is 5. The summed E-state index contributed by atoms with van der Waals surface area (Å²) < 4.78 is 0. The molecule has 0 radical (unpaired) electrons. The highest BCUT2D eigenvalue weighted by molar-refractivity contribution is 4.88. The fourth-order valence-electron chi connectivity index (χ4n) is 1.84. The molecule has 0 aliphatic carbocycles. The van der Waals surface area contributed by atoms with Crippen molar-refractivity contribution in [2.75, 3.05) is 26.8 Å². The zero-order chi connectivity index (χ0) is 11.4. The third-order valence-corrected chi connectivity index (χ3v) is 3.15. The Morgan fingerprint density at radius 3 is 1.80 bits per heavy atom. The molecule has 0 aromatic rings. The molecule has 1 saturated heterocycles. The highest BCUT2D eigenvalue weighted by atomic mass is 15.5. The Kier molecular flexibility index (Phi) is 4.05. The molecule has 1 rings (SSSR count). The van der Waals surface area contributed by atoms with E-state index in [-0.39, 0.29) is 12.3 Å². The van der Waals surface area contributed by atoms with Gasteiger partial charge < -0.3 is 0 Å². The first kappa shape index (κ1) is 11.9. The van der Waals surface area contributed by atoms with E-state index < -0.39 is 0 Å². The summed E-state index contributed by atoms with van der Waals surface area (Å²) in [6, 6.07) is 4.31. The molecular weight excluding hydrogens is 190 g/mol. The predicted molar refractivity (Wildman–Crippen MR) is 56.2 cm³/mol. The lowest BCUT2D eigenvalue weighted by atomic mass is 10.3. The molecule has 1 unspecified atom stereocenters. The Bertz CT molecular complexity index is 261. The third kappa shape index (κ3) is 2.45. The van der Waals surface area contributed by atoms with Gasteiger partial charge in [0.05, 0.1) is 44.2 Å². The van der Waals surface area contributed by atoms with Gasteiger partial charge in [-0.05, 0) is 20.9 Å². The second-order valence-electron chi connectivity index (χ2n) is 3.88. The van der Waals surface area contributed by atoms with Crippen molar-refractivity contribution in [2.24, 2.45) is 0 Å². The minimum absolute atomic E-state index is 0.245. The first-order chi connectivity index (χ1) is 7.11. The van der Waals surface area contributed by atoms with E-state index in [9.17, 15) is 0 Å². The van der Waals surface area contributed by atoms with Crippen LogP contribution in [0.2, 0.25) is 0 Å². The zero-order valence-electron chi connectivity index (χ0n) is 9.51. The van der Waals surface area contributed by atoms with Gasteiger partial charge in [-0.15, -0.1) is 0 Å². The monoisotopic (exact) mass is 207 g/mol. The Morgan fingerprint density at radius 2 is 1.47 bits per heavy atom. The van der Waals surface area contributed by atoms with Crippen LogP contribution < -0.4 is 0 Å². The molecule has 82 valence electrons. The fraction of sp³-hybridized carbons (Fsp3) is 0.800. The lowest BCUT2D eigenvalue weighted by Crippen LogP contribution is -2.63. The van der Waals surface area contributed by atoms with Crippen LogP contribution in [0, 0.1) is 22.7 Å². The summed E-state index contributed by atoms with van der Waals surface area (Å²) in [5.74, 6) is 0. The van der Waals surface area contributed by atoms with Gasteiger partial charge >= 0.3 is 0 Å². The number of hydrogen-bond donors (Lipinski definition) is 0.